The lowest BCUT2D eigenvalue weighted by Crippen LogP contribution is -2.17. The molecule has 2 aromatic rings. The molecule has 1 aromatic heterocycles. The zero-order chi connectivity index (χ0) is 19.2. The Bertz CT molecular complexity index is 743. The van der Waals surface area contributed by atoms with Crippen LogP contribution in [0.4, 0.5) is 32.3 Å². The van der Waals surface area contributed by atoms with E-state index in [1.165, 1.54) is 18.3 Å². The number of aromatic nitrogens is 2. The highest BCUT2D eigenvalue weighted by molar-refractivity contribution is 5.79. The molecule has 11 heteroatoms. The first-order valence-electron chi connectivity index (χ1n) is 7.13. The van der Waals surface area contributed by atoms with Gasteiger partial charge in [0, 0.05) is 19.0 Å². The molecule has 0 radical (unpaired) electrons. The average molecular weight is 378 g/mol. The molecule has 0 saturated carbocycles. The van der Waals surface area contributed by atoms with Crippen LogP contribution in [0.25, 0.3) is 0 Å². The Labute approximate surface area is 143 Å². The number of benzene rings is 1. The third-order valence-corrected chi connectivity index (χ3v) is 2.82. The molecule has 26 heavy (non-hydrogen) atoms. The van der Waals surface area contributed by atoms with Gasteiger partial charge in [0.25, 0.3) is 0 Å². The molecular formula is C15H12F6N4O. The first-order chi connectivity index (χ1) is 12.1. The van der Waals surface area contributed by atoms with Crippen LogP contribution in [0.3, 0.4) is 0 Å². The Balaban J connectivity index is 1.81. The van der Waals surface area contributed by atoms with Gasteiger partial charge in [-0.15, -0.1) is 13.2 Å². The topological polar surface area (TPSA) is 59.4 Å². The minimum Gasteiger partial charge on any atom is -0.406 e. The van der Waals surface area contributed by atoms with Crippen molar-refractivity contribution < 1.29 is 31.1 Å². The molecule has 0 aliphatic heterocycles. The lowest BCUT2D eigenvalue weighted by Gasteiger charge is -2.08. The molecule has 0 aliphatic rings. The lowest BCUT2D eigenvalue weighted by atomic mass is 10.2. The molecular weight excluding hydrogens is 366 g/mol. The molecule has 0 fully saturated rings. The highest BCUT2D eigenvalue weighted by Crippen LogP contribution is 2.27. The van der Waals surface area contributed by atoms with Gasteiger partial charge in [-0.05, 0) is 35.9 Å². The molecule has 5 nitrogen and oxygen atoms in total. The molecule has 140 valence electrons. The zero-order valence-electron chi connectivity index (χ0n) is 13.0. The van der Waals surface area contributed by atoms with E-state index in [4.69, 9.17) is 0 Å². The van der Waals surface area contributed by atoms with E-state index in [0.717, 1.165) is 24.4 Å². The summed E-state index contributed by atoms with van der Waals surface area (Å²) in [6, 6.07) is 5.81. The fraction of sp³-hybridized carbons (Fsp3) is 0.267. The molecule has 1 N–H and O–H groups in total. The van der Waals surface area contributed by atoms with Gasteiger partial charge in [0.1, 0.15) is 11.4 Å². The summed E-state index contributed by atoms with van der Waals surface area (Å²) in [7, 11) is 0. The number of aliphatic imine (C=N–C) groups is 1. The quantitative estimate of drug-likeness (QED) is 0.470. The summed E-state index contributed by atoms with van der Waals surface area (Å²) in [4.78, 5) is 11.0. The summed E-state index contributed by atoms with van der Waals surface area (Å²) in [5, 5.41) is 2.60. The van der Waals surface area contributed by atoms with Crippen molar-refractivity contribution in [3.8, 4) is 5.75 Å². The Morgan fingerprint density at radius 1 is 1.04 bits per heavy atom. The van der Waals surface area contributed by atoms with Gasteiger partial charge >= 0.3 is 12.5 Å². The normalized spacial score (nSPS) is 12.4. The van der Waals surface area contributed by atoms with E-state index < -0.39 is 18.2 Å². The summed E-state index contributed by atoms with van der Waals surface area (Å²) in [6.07, 6.45) is -6.91. The minimum atomic E-state index is -4.76. The average Bonchev–Trinajstić information content (AvgIpc) is 2.54. The van der Waals surface area contributed by atoms with Crippen LogP contribution in [0.5, 0.6) is 5.75 Å². The molecule has 0 amide bonds. The number of halogens is 6. The van der Waals surface area contributed by atoms with Crippen LogP contribution in [0, 0.1) is 0 Å². The van der Waals surface area contributed by atoms with E-state index in [0.29, 0.717) is 5.56 Å². The van der Waals surface area contributed by atoms with Gasteiger partial charge in [0.05, 0.1) is 6.54 Å². The van der Waals surface area contributed by atoms with Gasteiger partial charge in [-0.25, -0.2) is 9.97 Å². The number of alkyl halides is 6. The number of ether oxygens (including phenoxy) is 1. The predicted octanol–water partition coefficient (Wildman–Crippen LogP) is 3.93. The van der Waals surface area contributed by atoms with Crippen molar-refractivity contribution in [2.24, 2.45) is 4.99 Å². The summed E-state index contributed by atoms with van der Waals surface area (Å²) in [5.41, 5.74) is -0.519. The van der Waals surface area contributed by atoms with E-state index in [2.05, 4.69) is 25.0 Å². The number of nitrogens with one attached hydrogen (secondary N) is 1. The van der Waals surface area contributed by atoms with E-state index in [1.807, 2.05) is 0 Å². The van der Waals surface area contributed by atoms with E-state index in [-0.39, 0.29) is 24.8 Å². The standard InChI is InChI=1S/C15H12F6N4O/c16-14(17,18)12-5-6-23-13(25-12)24-8-7-22-9-10-1-3-11(4-2-10)26-15(19,20)21/h1-6,9H,7-8H2,(H,23,24,25). The second-order valence-electron chi connectivity index (χ2n) is 4.84. The highest BCUT2D eigenvalue weighted by Gasteiger charge is 2.32. The van der Waals surface area contributed by atoms with Crippen molar-refractivity contribution in [1.82, 2.24) is 9.97 Å². The van der Waals surface area contributed by atoms with Crippen molar-refractivity contribution in [2.75, 3.05) is 18.4 Å². The van der Waals surface area contributed by atoms with Gasteiger partial charge in [0.15, 0.2) is 0 Å². The highest BCUT2D eigenvalue weighted by atomic mass is 19.4. The zero-order valence-corrected chi connectivity index (χ0v) is 13.0. The molecule has 0 bridgehead atoms. The van der Waals surface area contributed by atoms with E-state index in [9.17, 15) is 26.3 Å². The first-order valence-corrected chi connectivity index (χ1v) is 7.13. The third-order valence-electron chi connectivity index (χ3n) is 2.82. The Morgan fingerprint density at radius 3 is 2.35 bits per heavy atom. The fourth-order valence-electron chi connectivity index (χ4n) is 1.76. The number of rotatable bonds is 6. The van der Waals surface area contributed by atoms with Crippen molar-refractivity contribution in [2.45, 2.75) is 12.5 Å². The van der Waals surface area contributed by atoms with Crippen LogP contribution in [-0.2, 0) is 6.18 Å². The SMILES string of the molecule is FC(F)(F)Oc1ccc(C=NCCNc2nccc(C(F)(F)F)n2)cc1. The van der Waals surface area contributed by atoms with Gasteiger partial charge in [-0.1, -0.05) is 0 Å². The molecule has 0 spiro atoms. The van der Waals surface area contributed by atoms with Crippen molar-refractivity contribution in [1.29, 1.82) is 0 Å². The van der Waals surface area contributed by atoms with Crippen LogP contribution < -0.4 is 10.1 Å². The molecule has 0 aliphatic carbocycles. The van der Waals surface area contributed by atoms with Crippen LogP contribution >= 0.6 is 0 Å². The second kappa shape index (κ2) is 8.02. The van der Waals surface area contributed by atoms with Crippen molar-refractivity contribution in [3.63, 3.8) is 0 Å². The molecule has 1 heterocycles. The lowest BCUT2D eigenvalue weighted by molar-refractivity contribution is -0.274. The predicted molar refractivity (Wildman–Crippen MR) is 81.1 cm³/mol. The maximum absolute atomic E-state index is 12.5. The molecule has 1 aromatic carbocycles. The Hall–Kier alpha value is -2.85. The van der Waals surface area contributed by atoms with Crippen LogP contribution in [0.2, 0.25) is 0 Å². The summed E-state index contributed by atoms with van der Waals surface area (Å²) < 4.78 is 77.3. The van der Waals surface area contributed by atoms with Crippen molar-refractivity contribution in [3.05, 3.63) is 47.8 Å². The van der Waals surface area contributed by atoms with E-state index in [1.54, 1.807) is 0 Å². The van der Waals surface area contributed by atoms with Crippen LogP contribution in [-0.4, -0.2) is 35.6 Å². The fourth-order valence-corrected chi connectivity index (χ4v) is 1.76. The Kier molecular flexibility index (Phi) is 6.01. The summed E-state index contributed by atoms with van der Waals surface area (Å²) in [5.74, 6) is -0.526. The van der Waals surface area contributed by atoms with Gasteiger partial charge in [0.2, 0.25) is 5.95 Å². The minimum absolute atomic E-state index is 0.174. The van der Waals surface area contributed by atoms with Gasteiger partial charge in [-0.3, -0.25) is 4.99 Å². The van der Waals surface area contributed by atoms with Crippen LogP contribution in [0.15, 0.2) is 41.5 Å². The van der Waals surface area contributed by atoms with Gasteiger partial charge < -0.3 is 10.1 Å². The number of hydrogen-bond acceptors (Lipinski definition) is 5. The molecule has 2 rings (SSSR count). The largest absolute Gasteiger partial charge is 0.573 e. The Morgan fingerprint density at radius 2 is 1.73 bits per heavy atom. The third kappa shape index (κ3) is 6.57. The number of hydrogen-bond donors (Lipinski definition) is 1. The maximum atomic E-state index is 12.5. The first kappa shape index (κ1) is 19.5. The van der Waals surface area contributed by atoms with Crippen LogP contribution in [0.1, 0.15) is 11.3 Å². The molecule has 0 unspecified atom stereocenters. The molecule has 0 saturated heterocycles. The van der Waals surface area contributed by atoms with E-state index >= 15 is 0 Å². The monoisotopic (exact) mass is 378 g/mol. The second-order valence-corrected chi connectivity index (χ2v) is 4.84. The molecule has 0 atom stereocenters. The van der Waals surface area contributed by atoms with Gasteiger partial charge in [-0.2, -0.15) is 13.2 Å². The summed E-state index contributed by atoms with van der Waals surface area (Å²) >= 11 is 0. The number of anilines is 1. The number of nitrogens with zero attached hydrogens (tertiary/aromatic N) is 3. The maximum Gasteiger partial charge on any atom is 0.573 e. The smallest absolute Gasteiger partial charge is 0.406 e. The summed E-state index contributed by atoms with van der Waals surface area (Å²) in [6.45, 7) is 0.369. The van der Waals surface area contributed by atoms with Crippen molar-refractivity contribution >= 4 is 12.2 Å².